The molecule has 0 spiro atoms. The van der Waals surface area contributed by atoms with Gasteiger partial charge in [-0.2, -0.15) is 5.10 Å². The number of nitrogens with one attached hydrogen (secondary N) is 1. The average Bonchev–Trinajstić information content (AvgIpc) is 3.39. The van der Waals surface area contributed by atoms with Crippen molar-refractivity contribution in [1.29, 1.82) is 0 Å². The number of fused-ring (bicyclic) bond motifs is 1. The van der Waals surface area contributed by atoms with Crippen LogP contribution in [0.2, 0.25) is 0 Å². The van der Waals surface area contributed by atoms with Crippen LogP contribution in [-0.2, 0) is 14.9 Å². The third-order valence-corrected chi connectivity index (χ3v) is 6.96. The Bertz CT molecular complexity index is 1590. The number of amides is 1. The quantitative estimate of drug-likeness (QED) is 0.237. The molecule has 2 heterocycles. The number of anilines is 1. The van der Waals surface area contributed by atoms with Gasteiger partial charge in [0.25, 0.3) is 11.7 Å². The van der Waals surface area contributed by atoms with Crippen molar-refractivity contribution in [3.05, 3.63) is 83.6 Å². The molecular weight excluding hydrogens is 530 g/mol. The van der Waals surface area contributed by atoms with Crippen molar-refractivity contribution >= 4 is 28.3 Å². The summed E-state index contributed by atoms with van der Waals surface area (Å²) in [5.74, 6) is -2.46. The topological polar surface area (TPSA) is 85.7 Å². The molecule has 0 radical (unpaired) electrons. The maximum absolute atomic E-state index is 14.7. The zero-order valence-electron chi connectivity index (χ0n) is 23.2. The number of ether oxygens (including phenoxy) is 2. The minimum Gasteiger partial charge on any atom is -0.492 e. The predicted molar refractivity (Wildman–Crippen MR) is 152 cm³/mol. The Labute approximate surface area is 236 Å². The van der Waals surface area contributed by atoms with E-state index in [0.29, 0.717) is 42.0 Å². The molecule has 0 bridgehead atoms. The molecule has 1 fully saturated rings. The average molecular weight is 563 g/mol. The molecule has 0 atom stereocenters. The van der Waals surface area contributed by atoms with Crippen molar-refractivity contribution < 1.29 is 27.8 Å². The number of hydrogen-bond acceptors (Lipinski definition) is 6. The van der Waals surface area contributed by atoms with Gasteiger partial charge in [0.1, 0.15) is 35.5 Å². The fourth-order valence-corrected chi connectivity index (χ4v) is 4.67. The van der Waals surface area contributed by atoms with Crippen LogP contribution in [0, 0.1) is 11.6 Å². The summed E-state index contributed by atoms with van der Waals surface area (Å²) in [6, 6.07) is 15.0. The molecule has 1 aromatic heterocycles. The van der Waals surface area contributed by atoms with Gasteiger partial charge in [-0.25, -0.2) is 13.5 Å². The monoisotopic (exact) mass is 562 g/mol. The first-order chi connectivity index (χ1) is 19.6. The molecule has 4 aromatic rings. The maximum atomic E-state index is 14.7. The molecule has 41 heavy (non-hydrogen) atoms. The molecule has 5 rings (SSSR count). The zero-order chi connectivity index (χ0) is 29.1. The van der Waals surface area contributed by atoms with E-state index in [1.807, 2.05) is 32.9 Å². The fourth-order valence-electron chi connectivity index (χ4n) is 4.67. The molecule has 3 aromatic carbocycles. The van der Waals surface area contributed by atoms with E-state index < -0.39 is 28.7 Å². The van der Waals surface area contributed by atoms with Gasteiger partial charge in [-0.3, -0.25) is 14.5 Å². The summed E-state index contributed by atoms with van der Waals surface area (Å²) in [5, 5.41) is 8.26. The standard InChI is InChI=1S/C31H32F2N4O4/c1-31(2,3)27-19-28(37(35-27)25-18-20(32)8-10-24(25)33)34-30(39)29(38)23-9-11-26(22-7-5-4-6-21(22)23)41-17-14-36-12-15-40-16-13-36/h4-11,18-19H,12-17H2,1-3H3,(H,34,39). The van der Waals surface area contributed by atoms with Crippen molar-refractivity contribution in [3.8, 4) is 11.4 Å². The van der Waals surface area contributed by atoms with Gasteiger partial charge in [-0.05, 0) is 29.7 Å². The van der Waals surface area contributed by atoms with E-state index in [1.54, 1.807) is 30.3 Å². The Morgan fingerprint density at radius 1 is 1.00 bits per heavy atom. The van der Waals surface area contributed by atoms with E-state index >= 15 is 0 Å². The summed E-state index contributed by atoms with van der Waals surface area (Å²) in [4.78, 5) is 29.0. The number of morpholine rings is 1. The summed E-state index contributed by atoms with van der Waals surface area (Å²) in [6.45, 7) is 10.0. The lowest BCUT2D eigenvalue weighted by molar-refractivity contribution is -0.112. The summed E-state index contributed by atoms with van der Waals surface area (Å²) < 4.78 is 41.2. The summed E-state index contributed by atoms with van der Waals surface area (Å²) >= 11 is 0. The van der Waals surface area contributed by atoms with Crippen LogP contribution >= 0.6 is 0 Å². The second-order valence-electron chi connectivity index (χ2n) is 10.9. The highest BCUT2D eigenvalue weighted by Crippen LogP contribution is 2.30. The highest BCUT2D eigenvalue weighted by Gasteiger charge is 2.26. The predicted octanol–water partition coefficient (Wildman–Crippen LogP) is 5.13. The van der Waals surface area contributed by atoms with E-state index in [2.05, 4.69) is 15.3 Å². The Morgan fingerprint density at radius 3 is 2.46 bits per heavy atom. The van der Waals surface area contributed by atoms with E-state index in [1.165, 1.54) is 0 Å². The highest BCUT2D eigenvalue weighted by atomic mass is 19.1. The summed E-state index contributed by atoms with van der Waals surface area (Å²) in [5.41, 5.74) is 0.0599. The number of carbonyl (C=O) groups excluding carboxylic acids is 2. The molecule has 8 nitrogen and oxygen atoms in total. The van der Waals surface area contributed by atoms with E-state index in [9.17, 15) is 18.4 Å². The molecule has 0 aliphatic carbocycles. The molecule has 214 valence electrons. The summed E-state index contributed by atoms with van der Waals surface area (Å²) in [6.07, 6.45) is 0. The van der Waals surface area contributed by atoms with Gasteiger partial charge >= 0.3 is 0 Å². The van der Waals surface area contributed by atoms with Crippen LogP contribution in [0.15, 0.2) is 60.7 Å². The van der Waals surface area contributed by atoms with Crippen LogP contribution < -0.4 is 10.1 Å². The number of ketones is 1. The van der Waals surface area contributed by atoms with E-state index in [0.717, 1.165) is 42.5 Å². The van der Waals surface area contributed by atoms with Gasteiger partial charge in [0.2, 0.25) is 0 Å². The molecule has 1 aliphatic rings. The first-order valence-corrected chi connectivity index (χ1v) is 13.5. The number of nitrogens with zero attached hydrogens (tertiary/aromatic N) is 3. The van der Waals surface area contributed by atoms with Gasteiger partial charge < -0.3 is 14.8 Å². The fraction of sp³-hybridized carbons (Fsp3) is 0.323. The Hall–Kier alpha value is -4.15. The molecule has 1 saturated heterocycles. The molecule has 10 heteroatoms. The SMILES string of the molecule is CC(C)(C)c1cc(NC(=O)C(=O)c2ccc(OCCN3CCOCC3)c3ccccc23)n(-c2cc(F)ccc2F)n1. The van der Waals surface area contributed by atoms with Crippen molar-refractivity contribution in [1.82, 2.24) is 14.7 Å². The number of halogens is 2. The molecule has 1 N–H and O–H groups in total. The second-order valence-corrected chi connectivity index (χ2v) is 10.9. The largest absolute Gasteiger partial charge is 0.492 e. The molecular formula is C31H32F2N4O4. The van der Waals surface area contributed by atoms with Gasteiger partial charge in [0.05, 0.1) is 18.9 Å². The minimum absolute atomic E-state index is 0.0464. The second kappa shape index (κ2) is 11.8. The number of carbonyl (C=O) groups is 2. The van der Waals surface area contributed by atoms with Gasteiger partial charge in [-0.15, -0.1) is 0 Å². The Kier molecular flexibility index (Phi) is 8.14. The normalized spacial score (nSPS) is 14.3. The third-order valence-electron chi connectivity index (χ3n) is 6.96. The zero-order valence-corrected chi connectivity index (χ0v) is 23.2. The molecule has 0 unspecified atom stereocenters. The lowest BCUT2D eigenvalue weighted by atomic mass is 9.92. The van der Waals surface area contributed by atoms with Gasteiger partial charge in [-0.1, -0.05) is 45.0 Å². The minimum atomic E-state index is -0.936. The van der Waals surface area contributed by atoms with Crippen LogP contribution in [0.25, 0.3) is 16.5 Å². The first-order valence-electron chi connectivity index (χ1n) is 13.5. The molecule has 1 amide bonds. The number of benzene rings is 3. The van der Waals surface area contributed by atoms with Gasteiger partial charge in [0.15, 0.2) is 0 Å². The van der Waals surface area contributed by atoms with E-state index in [-0.39, 0.29) is 17.1 Å². The lowest BCUT2D eigenvalue weighted by Crippen LogP contribution is -2.38. The highest BCUT2D eigenvalue weighted by molar-refractivity contribution is 6.48. The van der Waals surface area contributed by atoms with Crippen molar-refractivity contribution in [2.75, 3.05) is 44.8 Å². The number of aromatic nitrogens is 2. The van der Waals surface area contributed by atoms with Crippen molar-refractivity contribution in [2.45, 2.75) is 26.2 Å². The number of Topliss-reactive ketones (excluding diaryl/α,β-unsaturated/α-hetero) is 1. The first kappa shape index (κ1) is 28.4. The smallest absolute Gasteiger partial charge is 0.297 e. The third kappa shape index (κ3) is 6.28. The lowest BCUT2D eigenvalue weighted by Gasteiger charge is -2.26. The molecule has 0 saturated carbocycles. The van der Waals surface area contributed by atoms with Gasteiger partial charge in [0, 0.05) is 48.1 Å². The van der Waals surface area contributed by atoms with Crippen molar-refractivity contribution in [2.24, 2.45) is 0 Å². The number of rotatable bonds is 8. The van der Waals surface area contributed by atoms with Crippen LogP contribution in [0.5, 0.6) is 5.75 Å². The van der Waals surface area contributed by atoms with Crippen LogP contribution in [0.3, 0.4) is 0 Å². The van der Waals surface area contributed by atoms with Crippen LogP contribution in [-0.4, -0.2) is 65.8 Å². The summed E-state index contributed by atoms with van der Waals surface area (Å²) in [7, 11) is 0. The van der Waals surface area contributed by atoms with E-state index in [4.69, 9.17) is 9.47 Å². The van der Waals surface area contributed by atoms with Crippen LogP contribution in [0.4, 0.5) is 14.6 Å². The Morgan fingerprint density at radius 2 is 1.73 bits per heavy atom. The van der Waals surface area contributed by atoms with Crippen molar-refractivity contribution in [3.63, 3.8) is 0 Å². The maximum Gasteiger partial charge on any atom is 0.297 e. The number of hydrogen-bond donors (Lipinski definition) is 1. The van der Waals surface area contributed by atoms with Crippen LogP contribution in [0.1, 0.15) is 36.8 Å². The Balaban J connectivity index is 1.40. The molecule has 1 aliphatic heterocycles.